The van der Waals surface area contributed by atoms with Crippen molar-refractivity contribution in [3.8, 4) is 11.8 Å². The first kappa shape index (κ1) is 11.3. The SMILES string of the molecule is CCOC(=O)C(C#N)C1Nc2ccccc2O1. The maximum atomic E-state index is 11.5. The van der Waals surface area contributed by atoms with E-state index in [0.29, 0.717) is 5.75 Å². The highest BCUT2D eigenvalue weighted by atomic mass is 16.5. The van der Waals surface area contributed by atoms with E-state index in [9.17, 15) is 4.79 Å². The van der Waals surface area contributed by atoms with Gasteiger partial charge in [-0.15, -0.1) is 0 Å². The molecule has 0 saturated carbocycles. The molecule has 0 aromatic heterocycles. The van der Waals surface area contributed by atoms with Gasteiger partial charge in [-0.05, 0) is 19.1 Å². The molecule has 0 saturated heterocycles. The second kappa shape index (κ2) is 4.74. The molecule has 1 aromatic carbocycles. The first-order valence-corrected chi connectivity index (χ1v) is 5.34. The minimum Gasteiger partial charge on any atom is -0.467 e. The molecule has 2 rings (SSSR count). The second-order valence-corrected chi connectivity index (χ2v) is 3.54. The summed E-state index contributed by atoms with van der Waals surface area (Å²) in [4.78, 5) is 11.5. The normalized spacial score (nSPS) is 18.2. The fraction of sp³-hybridized carbons (Fsp3) is 0.333. The van der Waals surface area contributed by atoms with Crippen LogP contribution < -0.4 is 10.1 Å². The lowest BCUT2D eigenvalue weighted by atomic mass is 10.1. The van der Waals surface area contributed by atoms with Gasteiger partial charge in [0.05, 0.1) is 18.4 Å². The lowest BCUT2D eigenvalue weighted by Gasteiger charge is -2.15. The third-order valence-corrected chi connectivity index (χ3v) is 2.42. The highest BCUT2D eigenvalue weighted by Crippen LogP contribution is 2.33. The van der Waals surface area contributed by atoms with Crippen molar-refractivity contribution in [3.05, 3.63) is 24.3 Å². The van der Waals surface area contributed by atoms with Crippen LogP contribution in [0.4, 0.5) is 5.69 Å². The average molecular weight is 232 g/mol. The molecule has 0 radical (unpaired) electrons. The van der Waals surface area contributed by atoms with Gasteiger partial charge in [0.1, 0.15) is 5.75 Å². The molecule has 1 aliphatic heterocycles. The molecule has 0 aliphatic carbocycles. The number of carbonyl (C=O) groups excluding carboxylic acids is 1. The Hall–Kier alpha value is -2.22. The van der Waals surface area contributed by atoms with Gasteiger partial charge < -0.3 is 14.8 Å². The van der Waals surface area contributed by atoms with Crippen LogP contribution in [0.15, 0.2) is 24.3 Å². The molecule has 2 unspecified atom stereocenters. The van der Waals surface area contributed by atoms with Gasteiger partial charge in [0, 0.05) is 0 Å². The monoisotopic (exact) mass is 232 g/mol. The molecule has 88 valence electrons. The smallest absolute Gasteiger partial charge is 0.329 e. The molecule has 0 fully saturated rings. The first-order chi connectivity index (χ1) is 8.26. The number of hydrogen-bond donors (Lipinski definition) is 1. The highest BCUT2D eigenvalue weighted by molar-refractivity contribution is 5.77. The number of esters is 1. The van der Waals surface area contributed by atoms with Crippen LogP contribution in [-0.2, 0) is 9.53 Å². The molecule has 2 atom stereocenters. The van der Waals surface area contributed by atoms with Gasteiger partial charge >= 0.3 is 5.97 Å². The third-order valence-electron chi connectivity index (χ3n) is 2.42. The molecule has 0 bridgehead atoms. The number of fused-ring (bicyclic) bond motifs is 1. The summed E-state index contributed by atoms with van der Waals surface area (Å²) < 4.78 is 10.3. The quantitative estimate of drug-likeness (QED) is 0.800. The summed E-state index contributed by atoms with van der Waals surface area (Å²) in [6.07, 6.45) is -0.684. The highest BCUT2D eigenvalue weighted by Gasteiger charge is 2.35. The van der Waals surface area contributed by atoms with Crippen molar-refractivity contribution in [2.24, 2.45) is 5.92 Å². The Labute approximate surface area is 98.9 Å². The molecule has 1 aliphatic rings. The van der Waals surface area contributed by atoms with E-state index >= 15 is 0 Å². The number of carbonyl (C=O) groups is 1. The van der Waals surface area contributed by atoms with E-state index < -0.39 is 18.1 Å². The van der Waals surface area contributed by atoms with Crippen molar-refractivity contribution in [1.29, 1.82) is 5.26 Å². The molecule has 0 amide bonds. The molecule has 1 N–H and O–H groups in total. The number of nitriles is 1. The van der Waals surface area contributed by atoms with E-state index in [-0.39, 0.29) is 6.61 Å². The minimum atomic E-state index is -0.970. The number of para-hydroxylation sites is 2. The Morgan fingerprint density at radius 2 is 2.41 bits per heavy atom. The standard InChI is InChI=1S/C12H12N2O3/c1-2-16-12(15)8(7-13)11-14-9-5-3-4-6-10(9)17-11/h3-6,8,11,14H,2H2,1H3. The number of hydrogen-bond acceptors (Lipinski definition) is 5. The topological polar surface area (TPSA) is 71.4 Å². The molecule has 1 heterocycles. The maximum absolute atomic E-state index is 11.5. The Balaban J connectivity index is 2.11. The number of anilines is 1. The minimum absolute atomic E-state index is 0.247. The molecule has 5 nitrogen and oxygen atoms in total. The summed E-state index contributed by atoms with van der Waals surface area (Å²) in [6.45, 7) is 1.95. The van der Waals surface area contributed by atoms with E-state index in [2.05, 4.69) is 5.32 Å². The summed E-state index contributed by atoms with van der Waals surface area (Å²) in [5.41, 5.74) is 0.780. The van der Waals surface area contributed by atoms with Crippen molar-refractivity contribution in [1.82, 2.24) is 0 Å². The molecule has 5 heteroatoms. The van der Waals surface area contributed by atoms with Crippen molar-refractivity contribution >= 4 is 11.7 Å². The van der Waals surface area contributed by atoms with Crippen molar-refractivity contribution in [3.63, 3.8) is 0 Å². The molecular formula is C12H12N2O3. The van der Waals surface area contributed by atoms with Crippen LogP contribution in [0.3, 0.4) is 0 Å². The van der Waals surface area contributed by atoms with E-state index in [1.165, 1.54) is 0 Å². The zero-order valence-electron chi connectivity index (χ0n) is 9.34. The lowest BCUT2D eigenvalue weighted by Crippen LogP contribution is -2.36. The lowest BCUT2D eigenvalue weighted by molar-refractivity contribution is -0.148. The van der Waals surface area contributed by atoms with Crippen LogP contribution in [-0.4, -0.2) is 18.8 Å². The number of nitrogens with zero attached hydrogens (tertiary/aromatic N) is 1. The van der Waals surface area contributed by atoms with Gasteiger partial charge in [-0.2, -0.15) is 5.26 Å². The molecule has 17 heavy (non-hydrogen) atoms. The van der Waals surface area contributed by atoms with E-state index in [4.69, 9.17) is 14.7 Å². The fourth-order valence-corrected chi connectivity index (χ4v) is 1.64. The van der Waals surface area contributed by atoms with Crippen molar-refractivity contribution < 1.29 is 14.3 Å². The van der Waals surface area contributed by atoms with Crippen LogP contribution in [0.25, 0.3) is 0 Å². The Kier molecular flexibility index (Phi) is 3.15. The Morgan fingerprint density at radius 3 is 3.06 bits per heavy atom. The van der Waals surface area contributed by atoms with Gasteiger partial charge in [0.2, 0.25) is 0 Å². The van der Waals surface area contributed by atoms with Gasteiger partial charge in [-0.3, -0.25) is 4.79 Å². The van der Waals surface area contributed by atoms with E-state index in [0.717, 1.165) is 5.69 Å². The van der Waals surface area contributed by atoms with Crippen LogP contribution in [0.5, 0.6) is 5.75 Å². The predicted molar refractivity (Wildman–Crippen MR) is 60.2 cm³/mol. The van der Waals surface area contributed by atoms with Crippen LogP contribution >= 0.6 is 0 Å². The summed E-state index contributed by atoms with van der Waals surface area (Å²) in [7, 11) is 0. The van der Waals surface area contributed by atoms with Crippen molar-refractivity contribution in [2.75, 3.05) is 11.9 Å². The number of rotatable bonds is 3. The van der Waals surface area contributed by atoms with Crippen molar-refractivity contribution in [2.45, 2.75) is 13.2 Å². The molecule has 0 spiro atoms. The number of benzene rings is 1. The fourth-order valence-electron chi connectivity index (χ4n) is 1.64. The molecular weight excluding hydrogens is 220 g/mol. The van der Waals surface area contributed by atoms with Crippen LogP contribution in [0.1, 0.15) is 6.92 Å². The number of ether oxygens (including phenoxy) is 2. The summed E-state index contributed by atoms with van der Waals surface area (Å²) >= 11 is 0. The first-order valence-electron chi connectivity index (χ1n) is 5.34. The Morgan fingerprint density at radius 1 is 1.65 bits per heavy atom. The summed E-state index contributed by atoms with van der Waals surface area (Å²) in [6, 6.07) is 9.19. The van der Waals surface area contributed by atoms with Gasteiger partial charge in [0.25, 0.3) is 0 Å². The second-order valence-electron chi connectivity index (χ2n) is 3.54. The van der Waals surface area contributed by atoms with Crippen LogP contribution in [0.2, 0.25) is 0 Å². The van der Waals surface area contributed by atoms with Gasteiger partial charge in [0.15, 0.2) is 12.1 Å². The average Bonchev–Trinajstić information content (AvgIpc) is 2.73. The van der Waals surface area contributed by atoms with E-state index in [1.54, 1.807) is 13.0 Å². The Bertz CT molecular complexity index is 442. The molecule has 1 aromatic rings. The van der Waals surface area contributed by atoms with E-state index in [1.807, 2.05) is 24.3 Å². The van der Waals surface area contributed by atoms with Gasteiger partial charge in [-0.1, -0.05) is 12.1 Å². The predicted octanol–water partition coefficient (Wildman–Crippen LogP) is 1.52. The largest absolute Gasteiger partial charge is 0.467 e. The third kappa shape index (κ3) is 2.16. The maximum Gasteiger partial charge on any atom is 0.329 e. The zero-order valence-corrected chi connectivity index (χ0v) is 9.34. The van der Waals surface area contributed by atoms with Gasteiger partial charge in [-0.25, -0.2) is 0 Å². The van der Waals surface area contributed by atoms with Crippen LogP contribution in [0, 0.1) is 17.2 Å². The zero-order chi connectivity index (χ0) is 12.3. The summed E-state index contributed by atoms with van der Waals surface area (Å²) in [5.74, 6) is -0.898. The summed E-state index contributed by atoms with van der Waals surface area (Å²) in [5, 5.41) is 12.0. The number of nitrogens with one attached hydrogen (secondary N) is 1.